The van der Waals surface area contributed by atoms with Crippen LogP contribution in [0.3, 0.4) is 0 Å². The van der Waals surface area contributed by atoms with Crippen LogP contribution in [0.1, 0.15) is 41.1 Å². The SMILES string of the molecule is CCOC(=O)c1ccc(NC(=O)Cn2nnc3sc4c(c3c2=O)CC[C@H](C)C4)cc1. The smallest absolute Gasteiger partial charge is 0.338 e. The number of carbonyl (C=O) groups is 2. The van der Waals surface area contributed by atoms with E-state index in [1.54, 1.807) is 31.2 Å². The lowest BCUT2D eigenvalue weighted by molar-refractivity contribution is -0.117. The third-order valence-electron chi connectivity index (χ3n) is 5.16. The van der Waals surface area contributed by atoms with E-state index in [4.69, 9.17) is 4.74 Å². The Morgan fingerprint density at radius 3 is 2.80 bits per heavy atom. The summed E-state index contributed by atoms with van der Waals surface area (Å²) < 4.78 is 6.04. The first-order valence-corrected chi connectivity index (χ1v) is 10.7. The number of thiophene rings is 1. The van der Waals surface area contributed by atoms with E-state index in [2.05, 4.69) is 22.6 Å². The first-order chi connectivity index (χ1) is 14.5. The molecule has 0 bridgehead atoms. The van der Waals surface area contributed by atoms with Crippen LogP contribution in [0, 0.1) is 5.92 Å². The predicted octanol–water partition coefficient (Wildman–Crippen LogP) is 2.79. The molecular weight excluding hydrogens is 404 g/mol. The minimum absolute atomic E-state index is 0.234. The summed E-state index contributed by atoms with van der Waals surface area (Å²) in [6, 6.07) is 6.37. The second-order valence-electron chi connectivity index (χ2n) is 7.43. The second-order valence-corrected chi connectivity index (χ2v) is 8.51. The topological polar surface area (TPSA) is 103 Å². The second kappa shape index (κ2) is 8.35. The van der Waals surface area contributed by atoms with Gasteiger partial charge in [-0.3, -0.25) is 9.59 Å². The highest BCUT2D eigenvalue weighted by Crippen LogP contribution is 2.35. The number of aromatic nitrogens is 3. The molecule has 0 saturated heterocycles. The van der Waals surface area contributed by atoms with Gasteiger partial charge in [-0.25, -0.2) is 9.48 Å². The maximum Gasteiger partial charge on any atom is 0.338 e. The van der Waals surface area contributed by atoms with Gasteiger partial charge in [-0.05, 0) is 61.9 Å². The lowest BCUT2D eigenvalue weighted by Crippen LogP contribution is -2.30. The maximum atomic E-state index is 12.9. The summed E-state index contributed by atoms with van der Waals surface area (Å²) in [7, 11) is 0. The van der Waals surface area contributed by atoms with Crippen LogP contribution in [0.25, 0.3) is 10.2 Å². The number of hydrogen-bond acceptors (Lipinski definition) is 7. The number of ether oxygens (including phenoxy) is 1. The molecule has 0 spiro atoms. The molecule has 2 aromatic heterocycles. The van der Waals surface area contributed by atoms with Gasteiger partial charge in [0, 0.05) is 10.6 Å². The average Bonchev–Trinajstić information content (AvgIpc) is 3.09. The third kappa shape index (κ3) is 3.97. The van der Waals surface area contributed by atoms with Crippen molar-refractivity contribution < 1.29 is 14.3 Å². The highest BCUT2D eigenvalue weighted by atomic mass is 32.1. The molecule has 4 rings (SSSR count). The van der Waals surface area contributed by atoms with E-state index in [9.17, 15) is 14.4 Å². The molecule has 1 aliphatic rings. The number of hydrogen-bond donors (Lipinski definition) is 1. The molecule has 1 N–H and O–H groups in total. The van der Waals surface area contributed by atoms with Gasteiger partial charge in [0.15, 0.2) is 4.83 Å². The van der Waals surface area contributed by atoms with Crippen LogP contribution in [0.2, 0.25) is 0 Å². The van der Waals surface area contributed by atoms with Gasteiger partial charge < -0.3 is 10.1 Å². The van der Waals surface area contributed by atoms with Crippen LogP contribution in [0.5, 0.6) is 0 Å². The lowest BCUT2D eigenvalue weighted by atomic mass is 9.89. The van der Waals surface area contributed by atoms with E-state index in [-0.39, 0.29) is 12.1 Å². The Morgan fingerprint density at radius 2 is 2.07 bits per heavy atom. The number of carbonyl (C=O) groups excluding carboxylic acids is 2. The fourth-order valence-electron chi connectivity index (χ4n) is 3.64. The van der Waals surface area contributed by atoms with Crippen LogP contribution in [-0.4, -0.2) is 33.5 Å². The molecule has 0 aliphatic heterocycles. The van der Waals surface area contributed by atoms with Gasteiger partial charge in [-0.2, -0.15) is 0 Å². The number of nitrogens with one attached hydrogen (secondary N) is 1. The molecular formula is C21H22N4O4S. The molecule has 8 nitrogen and oxygen atoms in total. The summed E-state index contributed by atoms with van der Waals surface area (Å²) in [5, 5.41) is 11.4. The van der Waals surface area contributed by atoms with Crippen LogP contribution in [0.15, 0.2) is 29.1 Å². The number of anilines is 1. The van der Waals surface area contributed by atoms with Crippen molar-refractivity contribution in [1.82, 2.24) is 15.0 Å². The van der Waals surface area contributed by atoms with Gasteiger partial charge in [0.05, 0.1) is 17.6 Å². The van der Waals surface area contributed by atoms with Crippen molar-refractivity contribution in [1.29, 1.82) is 0 Å². The van der Waals surface area contributed by atoms with Crippen LogP contribution in [-0.2, 0) is 28.9 Å². The number of benzene rings is 1. The van der Waals surface area contributed by atoms with E-state index < -0.39 is 11.9 Å². The molecule has 0 radical (unpaired) electrons. The van der Waals surface area contributed by atoms with E-state index >= 15 is 0 Å². The monoisotopic (exact) mass is 426 g/mol. The molecule has 1 atom stereocenters. The van der Waals surface area contributed by atoms with Crippen molar-refractivity contribution in [2.75, 3.05) is 11.9 Å². The Hall–Kier alpha value is -3.07. The molecule has 1 amide bonds. The quantitative estimate of drug-likeness (QED) is 0.629. The van der Waals surface area contributed by atoms with E-state index in [1.165, 1.54) is 16.2 Å². The largest absolute Gasteiger partial charge is 0.462 e. The van der Waals surface area contributed by atoms with Gasteiger partial charge in [-0.1, -0.05) is 12.1 Å². The Balaban J connectivity index is 1.50. The number of fused-ring (bicyclic) bond motifs is 3. The number of rotatable bonds is 5. The highest BCUT2D eigenvalue weighted by Gasteiger charge is 2.24. The zero-order valence-corrected chi connectivity index (χ0v) is 17.6. The molecule has 0 fully saturated rings. The lowest BCUT2D eigenvalue weighted by Gasteiger charge is -2.17. The Bertz CT molecular complexity index is 1170. The summed E-state index contributed by atoms with van der Waals surface area (Å²) in [6.07, 6.45) is 2.86. The zero-order chi connectivity index (χ0) is 21.3. The minimum Gasteiger partial charge on any atom is -0.462 e. The molecule has 156 valence electrons. The van der Waals surface area contributed by atoms with Crippen molar-refractivity contribution in [2.24, 2.45) is 5.92 Å². The van der Waals surface area contributed by atoms with Crippen molar-refractivity contribution >= 4 is 39.1 Å². The maximum absolute atomic E-state index is 12.9. The summed E-state index contributed by atoms with van der Waals surface area (Å²) in [5.41, 5.74) is 1.70. The molecule has 3 aromatic rings. The number of nitrogens with zero attached hydrogens (tertiary/aromatic N) is 3. The number of aryl methyl sites for hydroxylation is 1. The summed E-state index contributed by atoms with van der Waals surface area (Å²) in [5.74, 6) is -0.215. The highest BCUT2D eigenvalue weighted by molar-refractivity contribution is 7.18. The zero-order valence-electron chi connectivity index (χ0n) is 16.8. The molecule has 2 heterocycles. The number of esters is 1. The summed E-state index contributed by atoms with van der Waals surface area (Å²) >= 11 is 1.53. The molecule has 1 aromatic carbocycles. The van der Waals surface area contributed by atoms with Gasteiger partial charge in [0.2, 0.25) is 5.91 Å². The average molecular weight is 426 g/mol. The van der Waals surface area contributed by atoms with Crippen molar-refractivity contribution in [3.63, 3.8) is 0 Å². The Labute approximate surface area is 176 Å². The minimum atomic E-state index is -0.418. The van der Waals surface area contributed by atoms with Crippen LogP contribution in [0.4, 0.5) is 5.69 Å². The number of amides is 1. The van der Waals surface area contributed by atoms with Gasteiger partial charge in [0.1, 0.15) is 6.54 Å². The van der Waals surface area contributed by atoms with Crippen molar-refractivity contribution in [3.05, 3.63) is 50.6 Å². The molecule has 30 heavy (non-hydrogen) atoms. The fraction of sp³-hybridized carbons (Fsp3) is 0.381. The molecule has 0 saturated carbocycles. The van der Waals surface area contributed by atoms with Gasteiger partial charge >= 0.3 is 5.97 Å². The summed E-state index contributed by atoms with van der Waals surface area (Å²) in [6.45, 7) is 4.01. The van der Waals surface area contributed by atoms with E-state index in [0.29, 0.717) is 34.0 Å². The molecule has 1 aliphatic carbocycles. The normalized spacial score (nSPS) is 15.6. The van der Waals surface area contributed by atoms with Crippen molar-refractivity contribution in [2.45, 2.75) is 39.7 Å². The summed E-state index contributed by atoms with van der Waals surface area (Å²) in [4.78, 5) is 38.9. The standard InChI is InChI=1S/C21H22N4O4S/c1-3-29-21(28)13-5-7-14(8-6-13)22-17(26)11-25-20(27)18-15-9-4-12(2)10-16(15)30-19(18)23-24-25/h5-8,12H,3-4,9-11H2,1-2H3,(H,22,26)/t12-/m0/s1. The molecule has 0 unspecified atom stereocenters. The van der Waals surface area contributed by atoms with Gasteiger partial charge in [-0.15, -0.1) is 16.4 Å². The van der Waals surface area contributed by atoms with E-state index in [1.807, 2.05) is 0 Å². The predicted molar refractivity (Wildman–Crippen MR) is 114 cm³/mol. The Kier molecular flexibility index (Phi) is 5.63. The molecule has 9 heteroatoms. The van der Waals surface area contributed by atoms with Crippen LogP contribution < -0.4 is 10.9 Å². The van der Waals surface area contributed by atoms with Crippen molar-refractivity contribution in [3.8, 4) is 0 Å². The first kappa shape index (κ1) is 20.2. The fourth-order valence-corrected chi connectivity index (χ4v) is 4.95. The van der Waals surface area contributed by atoms with Gasteiger partial charge in [0.25, 0.3) is 5.56 Å². The third-order valence-corrected chi connectivity index (χ3v) is 6.30. The Morgan fingerprint density at radius 1 is 1.30 bits per heavy atom. The first-order valence-electron chi connectivity index (χ1n) is 9.91. The van der Waals surface area contributed by atoms with E-state index in [0.717, 1.165) is 29.5 Å². The van der Waals surface area contributed by atoms with Crippen LogP contribution >= 0.6 is 11.3 Å².